The summed E-state index contributed by atoms with van der Waals surface area (Å²) >= 11 is 0. The lowest BCUT2D eigenvalue weighted by molar-refractivity contribution is 0.0284. The number of ether oxygens (including phenoxy) is 2. The van der Waals surface area contributed by atoms with Crippen LogP contribution in [-0.2, 0) is 5.60 Å². The minimum absolute atomic E-state index is 0.0518. The smallest absolute Gasteiger partial charge is 0.129 e. The van der Waals surface area contributed by atoms with Crippen LogP contribution in [0.1, 0.15) is 52.8 Å². The molecule has 0 saturated carbocycles. The highest BCUT2D eigenvalue weighted by Crippen LogP contribution is 2.48. The van der Waals surface area contributed by atoms with Gasteiger partial charge in [-0.2, -0.15) is 0 Å². The molecule has 0 fully saturated rings. The maximum absolute atomic E-state index is 12.0. The Morgan fingerprint density at radius 3 is 1.81 bits per heavy atom. The topological polar surface area (TPSA) is 38.7 Å². The van der Waals surface area contributed by atoms with E-state index in [0.717, 1.165) is 44.9 Å². The summed E-state index contributed by atoms with van der Waals surface area (Å²) in [7, 11) is 3.34. The van der Waals surface area contributed by atoms with Crippen molar-refractivity contribution in [3.63, 3.8) is 0 Å². The fraction of sp³-hybridized carbons (Fsp3) is 0.478. The molecule has 0 aliphatic rings. The molecule has 2 aromatic rings. The van der Waals surface area contributed by atoms with E-state index in [2.05, 4.69) is 26.0 Å². The van der Waals surface area contributed by atoms with Gasteiger partial charge < -0.3 is 14.6 Å². The summed E-state index contributed by atoms with van der Waals surface area (Å²) < 4.78 is 11.5. The highest BCUT2D eigenvalue weighted by molar-refractivity contribution is 5.62. The van der Waals surface area contributed by atoms with E-state index in [1.165, 1.54) is 5.56 Å². The number of aliphatic hydroxyl groups is 1. The van der Waals surface area contributed by atoms with Crippen molar-refractivity contribution in [1.82, 2.24) is 0 Å². The molecule has 0 aliphatic heterocycles. The summed E-state index contributed by atoms with van der Waals surface area (Å²) in [5, 5.41) is 12.0. The third-order valence-corrected chi connectivity index (χ3v) is 5.76. The molecule has 2 rings (SSSR count). The Morgan fingerprint density at radius 1 is 0.808 bits per heavy atom. The Kier molecular flexibility index (Phi) is 5.72. The maximum atomic E-state index is 12.0. The molecular formula is C23H32O3. The molecule has 0 aliphatic carbocycles. The Hall–Kier alpha value is -2.00. The molecule has 2 aromatic carbocycles. The van der Waals surface area contributed by atoms with Gasteiger partial charge in [0.15, 0.2) is 0 Å². The normalized spacial score (nSPS) is 13.7. The first kappa shape index (κ1) is 20.3. The second-order valence-electron chi connectivity index (χ2n) is 7.54. The van der Waals surface area contributed by atoms with Gasteiger partial charge in [0.05, 0.1) is 14.2 Å². The van der Waals surface area contributed by atoms with Crippen molar-refractivity contribution >= 4 is 0 Å². The van der Waals surface area contributed by atoms with E-state index in [1.54, 1.807) is 14.2 Å². The molecule has 0 aromatic heterocycles. The van der Waals surface area contributed by atoms with Crippen LogP contribution in [0.25, 0.3) is 0 Å². The second-order valence-corrected chi connectivity index (χ2v) is 7.54. The van der Waals surface area contributed by atoms with Crippen LogP contribution < -0.4 is 9.47 Å². The van der Waals surface area contributed by atoms with Gasteiger partial charge in [0.2, 0.25) is 0 Å². The number of aryl methyl sites for hydroxylation is 2. The average Bonchev–Trinajstić information content (AvgIpc) is 2.59. The molecule has 3 heteroatoms. The fourth-order valence-corrected chi connectivity index (χ4v) is 3.86. The first-order valence-corrected chi connectivity index (χ1v) is 9.13. The lowest BCUT2D eigenvalue weighted by Crippen LogP contribution is -2.35. The van der Waals surface area contributed by atoms with Crippen LogP contribution in [0.5, 0.6) is 11.5 Å². The van der Waals surface area contributed by atoms with E-state index < -0.39 is 5.60 Å². The van der Waals surface area contributed by atoms with Crippen molar-refractivity contribution in [3.05, 3.63) is 57.1 Å². The van der Waals surface area contributed by atoms with Gasteiger partial charge in [-0.3, -0.25) is 0 Å². The Bertz CT molecular complexity index is 821. The van der Waals surface area contributed by atoms with Crippen LogP contribution in [-0.4, -0.2) is 19.3 Å². The lowest BCUT2D eigenvalue weighted by atomic mass is 9.74. The minimum atomic E-state index is -1.18. The van der Waals surface area contributed by atoms with Crippen molar-refractivity contribution in [2.75, 3.05) is 14.2 Å². The van der Waals surface area contributed by atoms with Crippen molar-refractivity contribution in [2.24, 2.45) is 5.92 Å². The molecule has 142 valence electrons. The highest BCUT2D eigenvalue weighted by atomic mass is 16.5. The van der Waals surface area contributed by atoms with Gasteiger partial charge in [-0.1, -0.05) is 32.0 Å². The van der Waals surface area contributed by atoms with Gasteiger partial charge in [0, 0.05) is 11.1 Å². The molecule has 1 unspecified atom stereocenters. The van der Waals surface area contributed by atoms with Gasteiger partial charge in [0.1, 0.15) is 17.1 Å². The maximum Gasteiger partial charge on any atom is 0.129 e. The summed E-state index contributed by atoms with van der Waals surface area (Å²) in [6.45, 7) is 14.3. The number of hydrogen-bond donors (Lipinski definition) is 1. The molecule has 3 nitrogen and oxygen atoms in total. The van der Waals surface area contributed by atoms with Crippen LogP contribution in [0.3, 0.4) is 0 Å². The van der Waals surface area contributed by atoms with Crippen molar-refractivity contribution in [3.8, 4) is 11.5 Å². The third-order valence-electron chi connectivity index (χ3n) is 5.76. The van der Waals surface area contributed by atoms with Crippen LogP contribution in [0.15, 0.2) is 18.2 Å². The molecular weight excluding hydrogens is 324 g/mol. The molecule has 0 saturated heterocycles. The molecule has 0 amide bonds. The summed E-state index contributed by atoms with van der Waals surface area (Å²) in [6.07, 6.45) is 0. The first-order chi connectivity index (χ1) is 12.1. The Morgan fingerprint density at radius 2 is 1.35 bits per heavy atom. The van der Waals surface area contributed by atoms with Crippen LogP contribution >= 0.6 is 0 Å². The first-order valence-electron chi connectivity index (χ1n) is 9.13. The van der Waals surface area contributed by atoms with Gasteiger partial charge in [0.25, 0.3) is 0 Å². The number of benzene rings is 2. The molecule has 0 radical (unpaired) electrons. The number of rotatable bonds is 5. The molecule has 26 heavy (non-hydrogen) atoms. The largest absolute Gasteiger partial charge is 0.496 e. The molecule has 1 atom stereocenters. The Balaban J connectivity index is 2.95. The fourth-order valence-electron chi connectivity index (χ4n) is 3.86. The molecule has 0 bridgehead atoms. The quantitative estimate of drug-likeness (QED) is 0.806. The molecule has 0 heterocycles. The monoisotopic (exact) mass is 356 g/mol. The predicted molar refractivity (Wildman–Crippen MR) is 108 cm³/mol. The van der Waals surface area contributed by atoms with Crippen LogP contribution in [0.4, 0.5) is 0 Å². The standard InChI is InChI=1S/C23H32O3/c1-13(2)23(24,19-11-10-14(3)15(4)12-19)20-18(7)21(25-8)16(5)17(6)22(20)26-9/h10-13,24H,1-9H3. The van der Waals surface area contributed by atoms with E-state index in [-0.39, 0.29) is 5.92 Å². The zero-order valence-corrected chi connectivity index (χ0v) is 17.6. The zero-order chi connectivity index (χ0) is 19.8. The van der Waals surface area contributed by atoms with Gasteiger partial charge in [-0.15, -0.1) is 0 Å². The van der Waals surface area contributed by atoms with Gasteiger partial charge >= 0.3 is 0 Å². The Labute approximate surface area is 158 Å². The average molecular weight is 357 g/mol. The van der Waals surface area contributed by atoms with E-state index in [1.807, 2.05) is 40.7 Å². The van der Waals surface area contributed by atoms with Crippen molar-refractivity contribution < 1.29 is 14.6 Å². The minimum Gasteiger partial charge on any atom is -0.496 e. The summed E-state index contributed by atoms with van der Waals surface area (Å²) in [6, 6.07) is 6.16. The summed E-state index contributed by atoms with van der Waals surface area (Å²) in [5.41, 5.74) is 5.81. The molecule has 0 spiro atoms. The number of hydrogen-bond acceptors (Lipinski definition) is 3. The van der Waals surface area contributed by atoms with Crippen LogP contribution in [0.2, 0.25) is 0 Å². The zero-order valence-electron chi connectivity index (χ0n) is 17.6. The highest BCUT2D eigenvalue weighted by Gasteiger charge is 2.41. The van der Waals surface area contributed by atoms with Crippen LogP contribution in [0, 0.1) is 40.5 Å². The van der Waals surface area contributed by atoms with E-state index in [0.29, 0.717) is 0 Å². The lowest BCUT2D eigenvalue weighted by Gasteiger charge is -2.37. The van der Waals surface area contributed by atoms with Gasteiger partial charge in [-0.25, -0.2) is 0 Å². The van der Waals surface area contributed by atoms with Gasteiger partial charge in [-0.05, 0) is 68.4 Å². The third kappa shape index (κ3) is 2.99. The van der Waals surface area contributed by atoms with E-state index in [4.69, 9.17) is 9.47 Å². The van der Waals surface area contributed by atoms with Crippen molar-refractivity contribution in [1.29, 1.82) is 0 Å². The van der Waals surface area contributed by atoms with E-state index in [9.17, 15) is 5.11 Å². The van der Waals surface area contributed by atoms with Crippen molar-refractivity contribution in [2.45, 2.75) is 54.1 Å². The SMILES string of the molecule is COc1c(C)c(C)c(OC)c(C(O)(c2ccc(C)c(C)c2)C(C)C)c1C. The predicted octanol–water partition coefficient (Wildman–Crippen LogP) is 5.14. The second kappa shape index (κ2) is 7.32. The van der Waals surface area contributed by atoms with E-state index >= 15 is 0 Å². The summed E-state index contributed by atoms with van der Waals surface area (Å²) in [5.74, 6) is 1.49. The molecule has 1 N–H and O–H groups in total. The number of methoxy groups -OCH3 is 2. The summed E-state index contributed by atoms with van der Waals surface area (Å²) in [4.78, 5) is 0.